The van der Waals surface area contributed by atoms with Crippen molar-refractivity contribution in [3.63, 3.8) is 0 Å². The summed E-state index contributed by atoms with van der Waals surface area (Å²) in [5.74, 6) is 0.0375. The number of amides is 1. The number of hydrogen-bond donors (Lipinski definition) is 1. The summed E-state index contributed by atoms with van der Waals surface area (Å²) in [5, 5.41) is 3.24. The number of aryl methyl sites for hydroxylation is 1. The maximum Gasteiger partial charge on any atom is 0.573 e. The number of aromatic nitrogens is 1. The van der Waals surface area contributed by atoms with E-state index in [1.807, 2.05) is 32.0 Å². The Balaban J connectivity index is 1.79. The van der Waals surface area contributed by atoms with Crippen LogP contribution in [0.25, 0.3) is 0 Å². The van der Waals surface area contributed by atoms with E-state index >= 15 is 0 Å². The molecule has 8 heteroatoms. The molecule has 1 aliphatic rings. The number of carbonyl (C=O) groups excluding carboxylic acids is 1. The number of para-hydroxylation sites is 1. The Labute approximate surface area is 167 Å². The second kappa shape index (κ2) is 8.71. The molecule has 3 rings (SSSR count). The quantitative estimate of drug-likeness (QED) is 0.785. The van der Waals surface area contributed by atoms with Crippen molar-refractivity contribution in [2.75, 3.05) is 18.4 Å². The molecule has 0 bridgehead atoms. The molecule has 156 valence electrons. The summed E-state index contributed by atoms with van der Waals surface area (Å²) in [6.07, 6.45) is -3.16. The third-order valence-corrected chi connectivity index (χ3v) is 4.95. The van der Waals surface area contributed by atoms with Crippen LogP contribution in [0.4, 0.5) is 19.0 Å². The van der Waals surface area contributed by atoms with Crippen LogP contribution >= 0.6 is 0 Å². The Kier molecular flexibility index (Phi) is 6.30. The Morgan fingerprint density at radius 3 is 2.69 bits per heavy atom. The first kappa shape index (κ1) is 21.0. The van der Waals surface area contributed by atoms with Crippen molar-refractivity contribution in [3.05, 3.63) is 53.7 Å². The number of ether oxygens (including phenoxy) is 1. The summed E-state index contributed by atoms with van der Waals surface area (Å²) in [6, 6.07) is 11.0. The van der Waals surface area contributed by atoms with E-state index in [0.29, 0.717) is 18.9 Å². The van der Waals surface area contributed by atoms with Gasteiger partial charge < -0.3 is 15.0 Å². The van der Waals surface area contributed by atoms with Crippen molar-refractivity contribution >= 4 is 11.7 Å². The predicted molar refractivity (Wildman–Crippen MR) is 104 cm³/mol. The number of anilines is 1. The smallest absolute Gasteiger partial charge is 0.405 e. The van der Waals surface area contributed by atoms with Gasteiger partial charge >= 0.3 is 6.36 Å². The number of likely N-dealkylation sites (tertiary alicyclic amines) is 1. The number of benzene rings is 1. The van der Waals surface area contributed by atoms with Crippen molar-refractivity contribution in [1.29, 1.82) is 0 Å². The van der Waals surface area contributed by atoms with Gasteiger partial charge in [-0.3, -0.25) is 4.79 Å². The van der Waals surface area contributed by atoms with Crippen LogP contribution in [0, 0.1) is 12.8 Å². The molecule has 29 heavy (non-hydrogen) atoms. The Bertz CT molecular complexity index is 857. The van der Waals surface area contributed by atoms with Crippen LogP contribution in [0.15, 0.2) is 42.5 Å². The maximum atomic E-state index is 13.2. The van der Waals surface area contributed by atoms with Gasteiger partial charge in [0.15, 0.2) is 0 Å². The van der Waals surface area contributed by atoms with Crippen molar-refractivity contribution in [2.24, 2.45) is 5.92 Å². The maximum absolute atomic E-state index is 13.2. The molecule has 2 heterocycles. The lowest BCUT2D eigenvalue weighted by molar-refractivity contribution is -0.274. The number of hydrogen-bond acceptors (Lipinski definition) is 4. The molecule has 1 saturated heterocycles. The van der Waals surface area contributed by atoms with Crippen LogP contribution in [0.3, 0.4) is 0 Å². The number of halogens is 3. The summed E-state index contributed by atoms with van der Waals surface area (Å²) in [5.41, 5.74) is 0.788. The van der Waals surface area contributed by atoms with E-state index in [2.05, 4.69) is 15.0 Å². The minimum Gasteiger partial charge on any atom is -0.405 e. The summed E-state index contributed by atoms with van der Waals surface area (Å²) in [6.45, 7) is 4.87. The van der Waals surface area contributed by atoms with Crippen LogP contribution in [0.1, 0.15) is 35.8 Å². The van der Waals surface area contributed by atoms with Crippen molar-refractivity contribution in [1.82, 2.24) is 9.88 Å². The molecule has 2 aromatic rings. The normalized spacial score (nSPS) is 19.7. The molecule has 2 atom stereocenters. The van der Waals surface area contributed by atoms with Gasteiger partial charge in [-0.05, 0) is 49.9 Å². The molecule has 0 radical (unpaired) electrons. The van der Waals surface area contributed by atoms with E-state index in [1.165, 1.54) is 18.2 Å². The van der Waals surface area contributed by atoms with Crippen molar-refractivity contribution in [2.45, 2.75) is 39.1 Å². The van der Waals surface area contributed by atoms with Gasteiger partial charge in [-0.2, -0.15) is 0 Å². The van der Waals surface area contributed by atoms with Crippen LogP contribution in [-0.4, -0.2) is 41.3 Å². The van der Waals surface area contributed by atoms with Gasteiger partial charge in [0.2, 0.25) is 0 Å². The minimum absolute atomic E-state index is 0.0856. The zero-order valence-electron chi connectivity index (χ0n) is 16.4. The fourth-order valence-corrected chi connectivity index (χ4v) is 3.55. The van der Waals surface area contributed by atoms with E-state index in [-0.39, 0.29) is 17.5 Å². The number of pyridine rings is 1. The molecule has 1 fully saturated rings. The Morgan fingerprint density at radius 1 is 1.21 bits per heavy atom. The first-order valence-corrected chi connectivity index (χ1v) is 9.56. The third-order valence-electron chi connectivity index (χ3n) is 4.95. The van der Waals surface area contributed by atoms with Gasteiger partial charge in [0, 0.05) is 24.8 Å². The van der Waals surface area contributed by atoms with E-state index in [0.717, 1.165) is 24.6 Å². The SMILES string of the molecule is Cc1cccc(NCC2CC[C@H](C)CN2C(=O)c2ccccc2OC(F)(F)F)n1. The number of carbonyl (C=O) groups is 1. The highest BCUT2D eigenvalue weighted by Crippen LogP contribution is 2.30. The molecule has 1 aliphatic heterocycles. The molecule has 1 amide bonds. The zero-order chi connectivity index (χ0) is 21.0. The lowest BCUT2D eigenvalue weighted by Gasteiger charge is -2.39. The van der Waals surface area contributed by atoms with Crippen LogP contribution in [0.5, 0.6) is 5.75 Å². The molecular formula is C21H24F3N3O2. The Hall–Kier alpha value is -2.77. The molecule has 1 N–H and O–H groups in total. The summed E-state index contributed by atoms with van der Waals surface area (Å²) in [7, 11) is 0. The molecular weight excluding hydrogens is 383 g/mol. The predicted octanol–water partition coefficient (Wildman–Crippen LogP) is 4.64. The topological polar surface area (TPSA) is 54.5 Å². The van der Waals surface area contributed by atoms with Gasteiger partial charge in [0.05, 0.1) is 5.56 Å². The summed E-state index contributed by atoms with van der Waals surface area (Å²) >= 11 is 0. The number of piperidine rings is 1. The molecule has 1 aromatic heterocycles. The summed E-state index contributed by atoms with van der Waals surface area (Å²) in [4.78, 5) is 19.2. The largest absolute Gasteiger partial charge is 0.573 e. The standard InChI is InChI=1S/C21H24F3N3O2/c1-14-10-11-16(12-25-19-9-5-6-15(2)26-19)27(13-14)20(28)17-7-3-4-8-18(17)29-21(22,23)24/h3-9,14,16H,10-13H2,1-2H3,(H,25,26)/t14-,16?/m0/s1. The van der Waals surface area contributed by atoms with Crippen LogP contribution in [0.2, 0.25) is 0 Å². The highest BCUT2D eigenvalue weighted by molar-refractivity contribution is 5.97. The highest BCUT2D eigenvalue weighted by atomic mass is 19.4. The van der Waals surface area contributed by atoms with E-state index in [1.54, 1.807) is 4.90 Å². The minimum atomic E-state index is -4.86. The average molecular weight is 407 g/mol. The molecule has 0 saturated carbocycles. The van der Waals surface area contributed by atoms with E-state index in [9.17, 15) is 18.0 Å². The van der Waals surface area contributed by atoms with Gasteiger partial charge in [0.1, 0.15) is 11.6 Å². The van der Waals surface area contributed by atoms with Gasteiger partial charge in [-0.15, -0.1) is 13.2 Å². The van der Waals surface area contributed by atoms with Crippen LogP contribution in [-0.2, 0) is 0 Å². The van der Waals surface area contributed by atoms with Crippen molar-refractivity contribution in [3.8, 4) is 5.75 Å². The monoisotopic (exact) mass is 407 g/mol. The van der Waals surface area contributed by atoms with Gasteiger partial charge in [-0.1, -0.05) is 25.1 Å². The number of nitrogens with zero attached hydrogens (tertiary/aromatic N) is 2. The molecule has 0 spiro atoms. The highest BCUT2D eigenvalue weighted by Gasteiger charge is 2.35. The second-order valence-electron chi connectivity index (χ2n) is 7.38. The molecule has 5 nitrogen and oxygen atoms in total. The average Bonchev–Trinajstić information content (AvgIpc) is 2.66. The summed E-state index contributed by atoms with van der Waals surface area (Å²) < 4.78 is 42.3. The second-order valence-corrected chi connectivity index (χ2v) is 7.38. The number of rotatable bonds is 5. The Morgan fingerprint density at radius 2 is 1.97 bits per heavy atom. The third kappa shape index (κ3) is 5.62. The molecule has 1 aromatic carbocycles. The fraction of sp³-hybridized carbons (Fsp3) is 0.429. The van der Waals surface area contributed by atoms with E-state index in [4.69, 9.17) is 0 Å². The van der Waals surface area contributed by atoms with Gasteiger partial charge in [0.25, 0.3) is 5.91 Å². The zero-order valence-corrected chi connectivity index (χ0v) is 16.4. The molecule has 1 unspecified atom stereocenters. The first-order valence-electron chi connectivity index (χ1n) is 9.56. The number of nitrogens with one attached hydrogen (secondary N) is 1. The van der Waals surface area contributed by atoms with Gasteiger partial charge in [-0.25, -0.2) is 4.98 Å². The fourth-order valence-electron chi connectivity index (χ4n) is 3.55. The first-order chi connectivity index (χ1) is 13.7. The lowest BCUT2D eigenvalue weighted by atomic mass is 9.93. The van der Waals surface area contributed by atoms with Crippen molar-refractivity contribution < 1.29 is 22.7 Å². The van der Waals surface area contributed by atoms with E-state index < -0.39 is 18.0 Å². The number of alkyl halides is 3. The van der Waals surface area contributed by atoms with Crippen LogP contribution < -0.4 is 10.1 Å². The molecule has 0 aliphatic carbocycles. The lowest BCUT2D eigenvalue weighted by Crippen LogP contribution is -2.49.